The van der Waals surface area contributed by atoms with Crippen molar-refractivity contribution in [3.8, 4) is 0 Å². The van der Waals surface area contributed by atoms with Crippen LogP contribution in [0.3, 0.4) is 0 Å². The Kier molecular flexibility index (Phi) is 7.11. The molecular formula is C15H22FNO2. The summed E-state index contributed by atoms with van der Waals surface area (Å²) >= 11 is 0. The fourth-order valence-electron chi connectivity index (χ4n) is 1.69. The van der Waals surface area contributed by atoms with Gasteiger partial charge in [-0.25, -0.2) is 4.39 Å². The van der Waals surface area contributed by atoms with Gasteiger partial charge in [0.2, 0.25) is 0 Å². The second-order valence-electron chi connectivity index (χ2n) is 4.51. The van der Waals surface area contributed by atoms with Crippen LogP contribution in [0.5, 0.6) is 0 Å². The second kappa shape index (κ2) is 8.64. The quantitative estimate of drug-likeness (QED) is 0.736. The van der Waals surface area contributed by atoms with E-state index in [1.807, 2.05) is 19.9 Å². The van der Waals surface area contributed by atoms with Gasteiger partial charge < -0.3 is 10.1 Å². The lowest BCUT2D eigenvalue weighted by Gasteiger charge is -2.17. The maximum atomic E-state index is 13.4. The number of rotatable bonds is 8. The zero-order chi connectivity index (χ0) is 14.1. The van der Waals surface area contributed by atoms with E-state index in [2.05, 4.69) is 5.32 Å². The molecule has 1 rings (SSSR count). The van der Waals surface area contributed by atoms with Crippen molar-refractivity contribution in [2.75, 3.05) is 6.61 Å². The Bertz CT molecular complexity index is 395. The van der Waals surface area contributed by atoms with Crippen molar-refractivity contribution in [1.82, 2.24) is 5.32 Å². The first-order valence-corrected chi connectivity index (χ1v) is 6.79. The smallest absolute Gasteiger partial charge is 0.305 e. The van der Waals surface area contributed by atoms with Gasteiger partial charge in [-0.1, -0.05) is 32.0 Å². The van der Waals surface area contributed by atoms with Crippen LogP contribution in [-0.4, -0.2) is 18.6 Å². The van der Waals surface area contributed by atoms with Crippen molar-refractivity contribution in [2.45, 2.75) is 45.7 Å². The van der Waals surface area contributed by atoms with Crippen LogP contribution in [0.1, 0.15) is 38.7 Å². The number of esters is 1. The molecule has 0 saturated heterocycles. The van der Waals surface area contributed by atoms with Crippen molar-refractivity contribution in [1.29, 1.82) is 0 Å². The van der Waals surface area contributed by atoms with E-state index in [1.165, 1.54) is 6.07 Å². The molecular weight excluding hydrogens is 245 g/mol. The lowest BCUT2D eigenvalue weighted by Crippen LogP contribution is -2.33. The molecule has 0 radical (unpaired) electrons. The van der Waals surface area contributed by atoms with Gasteiger partial charge in [-0.05, 0) is 18.9 Å². The summed E-state index contributed by atoms with van der Waals surface area (Å²) in [6.07, 6.45) is 2.07. The number of hydrogen-bond donors (Lipinski definition) is 1. The highest BCUT2D eigenvalue weighted by Gasteiger charge is 2.10. The first kappa shape index (κ1) is 15.6. The molecule has 1 aromatic carbocycles. The van der Waals surface area contributed by atoms with Gasteiger partial charge in [-0.2, -0.15) is 0 Å². The summed E-state index contributed by atoms with van der Waals surface area (Å²) in [5, 5.41) is 3.21. The van der Waals surface area contributed by atoms with Crippen LogP contribution in [0.25, 0.3) is 0 Å². The standard InChI is InChI=1S/C15H22FNO2/c1-3-7-15(18)19-11-13(4-2)17-10-12-8-5-6-9-14(12)16/h5-6,8-9,13,17H,3-4,7,10-11H2,1-2H3. The SMILES string of the molecule is CCCC(=O)OCC(CC)NCc1ccccc1F. The molecule has 0 aliphatic rings. The fourth-order valence-corrected chi connectivity index (χ4v) is 1.69. The first-order valence-electron chi connectivity index (χ1n) is 6.79. The Morgan fingerprint density at radius 3 is 2.74 bits per heavy atom. The molecule has 106 valence electrons. The van der Waals surface area contributed by atoms with E-state index in [1.54, 1.807) is 12.1 Å². The second-order valence-corrected chi connectivity index (χ2v) is 4.51. The third-order valence-corrected chi connectivity index (χ3v) is 2.93. The van der Waals surface area contributed by atoms with Crippen LogP contribution in [-0.2, 0) is 16.1 Å². The maximum Gasteiger partial charge on any atom is 0.305 e. The van der Waals surface area contributed by atoms with E-state index in [4.69, 9.17) is 4.74 Å². The Hall–Kier alpha value is -1.42. The molecule has 3 nitrogen and oxygen atoms in total. The topological polar surface area (TPSA) is 38.3 Å². The molecule has 0 spiro atoms. The summed E-state index contributed by atoms with van der Waals surface area (Å²) in [6, 6.07) is 6.72. The average molecular weight is 267 g/mol. The van der Waals surface area contributed by atoms with Gasteiger partial charge in [0.15, 0.2) is 0 Å². The Morgan fingerprint density at radius 1 is 1.37 bits per heavy atom. The number of benzene rings is 1. The summed E-state index contributed by atoms with van der Waals surface area (Å²) in [5.74, 6) is -0.388. The molecule has 0 saturated carbocycles. The van der Waals surface area contributed by atoms with Crippen LogP contribution in [0.15, 0.2) is 24.3 Å². The summed E-state index contributed by atoms with van der Waals surface area (Å²) < 4.78 is 18.6. The highest BCUT2D eigenvalue weighted by molar-refractivity contribution is 5.69. The summed E-state index contributed by atoms with van der Waals surface area (Å²) in [4.78, 5) is 11.3. The molecule has 0 heterocycles. The lowest BCUT2D eigenvalue weighted by molar-refractivity contribution is -0.144. The van der Waals surface area contributed by atoms with Crippen LogP contribution < -0.4 is 5.32 Å². The molecule has 4 heteroatoms. The summed E-state index contributed by atoms with van der Waals surface area (Å²) in [6.45, 7) is 4.72. The number of halogens is 1. The van der Waals surface area contributed by atoms with E-state index in [9.17, 15) is 9.18 Å². The fraction of sp³-hybridized carbons (Fsp3) is 0.533. The number of carbonyl (C=O) groups excluding carboxylic acids is 1. The first-order chi connectivity index (χ1) is 9.17. The molecule has 0 aliphatic heterocycles. The average Bonchev–Trinajstić information content (AvgIpc) is 2.41. The van der Waals surface area contributed by atoms with E-state index >= 15 is 0 Å². The van der Waals surface area contributed by atoms with Crippen molar-refractivity contribution in [2.24, 2.45) is 0 Å². The van der Waals surface area contributed by atoms with Crippen LogP contribution >= 0.6 is 0 Å². The molecule has 0 aromatic heterocycles. The monoisotopic (exact) mass is 267 g/mol. The minimum Gasteiger partial charge on any atom is -0.464 e. The predicted octanol–water partition coefficient (Wildman–Crippen LogP) is 3.04. The predicted molar refractivity (Wildman–Crippen MR) is 73.2 cm³/mol. The van der Waals surface area contributed by atoms with Crippen LogP contribution in [0, 0.1) is 5.82 Å². The Labute approximate surface area is 114 Å². The van der Waals surface area contributed by atoms with Gasteiger partial charge in [0.1, 0.15) is 12.4 Å². The Morgan fingerprint density at radius 2 is 2.11 bits per heavy atom. The molecule has 1 atom stereocenters. The lowest BCUT2D eigenvalue weighted by atomic mass is 10.2. The van der Waals surface area contributed by atoms with Crippen molar-refractivity contribution >= 4 is 5.97 Å². The maximum absolute atomic E-state index is 13.4. The zero-order valence-corrected chi connectivity index (χ0v) is 11.6. The van der Waals surface area contributed by atoms with E-state index in [0.29, 0.717) is 25.1 Å². The molecule has 1 aromatic rings. The number of hydrogen-bond acceptors (Lipinski definition) is 3. The minimum absolute atomic E-state index is 0.0559. The largest absolute Gasteiger partial charge is 0.464 e. The van der Waals surface area contributed by atoms with E-state index < -0.39 is 0 Å². The Balaban J connectivity index is 2.36. The third-order valence-electron chi connectivity index (χ3n) is 2.93. The summed E-state index contributed by atoms with van der Waals surface area (Å²) in [7, 11) is 0. The van der Waals surface area contributed by atoms with Crippen LogP contribution in [0.4, 0.5) is 4.39 Å². The molecule has 1 unspecified atom stereocenters. The molecule has 0 bridgehead atoms. The highest BCUT2D eigenvalue weighted by Crippen LogP contribution is 2.06. The van der Waals surface area contributed by atoms with Gasteiger partial charge in [-0.15, -0.1) is 0 Å². The molecule has 0 amide bonds. The molecule has 19 heavy (non-hydrogen) atoms. The van der Waals surface area contributed by atoms with Gasteiger partial charge in [0.25, 0.3) is 0 Å². The van der Waals surface area contributed by atoms with E-state index in [0.717, 1.165) is 12.8 Å². The number of nitrogens with one attached hydrogen (secondary N) is 1. The van der Waals surface area contributed by atoms with Crippen molar-refractivity contribution in [3.05, 3.63) is 35.6 Å². The van der Waals surface area contributed by atoms with E-state index in [-0.39, 0.29) is 17.8 Å². The highest BCUT2D eigenvalue weighted by atomic mass is 19.1. The molecule has 0 aliphatic carbocycles. The molecule has 1 N–H and O–H groups in total. The van der Waals surface area contributed by atoms with Gasteiger partial charge in [0.05, 0.1) is 0 Å². The molecule has 0 fully saturated rings. The van der Waals surface area contributed by atoms with Crippen molar-refractivity contribution in [3.63, 3.8) is 0 Å². The minimum atomic E-state index is -0.215. The van der Waals surface area contributed by atoms with Crippen LogP contribution in [0.2, 0.25) is 0 Å². The number of ether oxygens (including phenoxy) is 1. The third kappa shape index (κ3) is 5.83. The zero-order valence-electron chi connectivity index (χ0n) is 11.6. The summed E-state index contributed by atoms with van der Waals surface area (Å²) in [5.41, 5.74) is 0.626. The van der Waals surface area contributed by atoms with Gasteiger partial charge in [-0.3, -0.25) is 4.79 Å². The number of carbonyl (C=O) groups is 1. The van der Waals surface area contributed by atoms with Gasteiger partial charge >= 0.3 is 5.97 Å². The van der Waals surface area contributed by atoms with Crippen molar-refractivity contribution < 1.29 is 13.9 Å². The van der Waals surface area contributed by atoms with Gasteiger partial charge in [0, 0.05) is 24.6 Å². The normalized spacial score (nSPS) is 12.2.